The Labute approximate surface area is 109 Å². The first-order chi connectivity index (χ1) is 9.11. The molecular weight excluding hydrogens is 244 g/mol. The quantitative estimate of drug-likeness (QED) is 0.608. The average Bonchev–Trinajstić information content (AvgIpc) is 2.34. The van der Waals surface area contributed by atoms with Crippen molar-refractivity contribution in [2.75, 3.05) is 17.6 Å². The fourth-order valence-corrected chi connectivity index (χ4v) is 2.35. The second-order valence-corrected chi connectivity index (χ2v) is 5.06. The summed E-state index contributed by atoms with van der Waals surface area (Å²) in [6.07, 6.45) is 1.45. The van der Waals surface area contributed by atoms with Crippen LogP contribution in [0.5, 0.6) is 0 Å². The topological polar surface area (TPSA) is 104 Å². The molecule has 1 aromatic heterocycles. The maximum absolute atomic E-state index is 11.9. The lowest BCUT2D eigenvalue weighted by Crippen LogP contribution is -2.33. The third-order valence-electron chi connectivity index (χ3n) is 3.50. The van der Waals surface area contributed by atoms with Crippen LogP contribution in [-0.4, -0.2) is 27.7 Å². The van der Waals surface area contributed by atoms with Crippen LogP contribution < -0.4 is 16.6 Å². The van der Waals surface area contributed by atoms with E-state index in [2.05, 4.69) is 15.3 Å². The molecule has 6 nitrogen and oxygen atoms in total. The van der Waals surface area contributed by atoms with Crippen molar-refractivity contribution < 1.29 is 5.11 Å². The fraction of sp³-hybridized carbons (Fsp3) is 0.385. The number of hydrogen-bond acceptors (Lipinski definition) is 5. The molecule has 1 fully saturated rings. The molecule has 0 aliphatic heterocycles. The molecule has 0 bridgehead atoms. The number of fused-ring (bicyclic) bond motifs is 1. The number of anilines is 2. The first kappa shape index (κ1) is 12.0. The zero-order chi connectivity index (χ0) is 13.4. The highest BCUT2D eigenvalue weighted by molar-refractivity contribution is 5.81. The van der Waals surface area contributed by atoms with Gasteiger partial charge >= 0.3 is 0 Å². The van der Waals surface area contributed by atoms with Gasteiger partial charge in [-0.25, -0.2) is 4.98 Å². The van der Waals surface area contributed by atoms with E-state index in [0.717, 1.165) is 12.8 Å². The van der Waals surface area contributed by atoms with Gasteiger partial charge in [0, 0.05) is 12.2 Å². The highest BCUT2D eigenvalue weighted by atomic mass is 16.3. The number of benzene rings is 1. The van der Waals surface area contributed by atoms with Crippen molar-refractivity contribution in [1.29, 1.82) is 0 Å². The molecule has 100 valence electrons. The number of aromatic nitrogens is 2. The summed E-state index contributed by atoms with van der Waals surface area (Å²) in [7, 11) is 0. The van der Waals surface area contributed by atoms with E-state index in [1.54, 1.807) is 18.2 Å². The number of nitrogens with two attached hydrogens (primary N) is 1. The van der Waals surface area contributed by atoms with Gasteiger partial charge in [-0.05, 0) is 37.0 Å². The van der Waals surface area contributed by atoms with Crippen LogP contribution in [0.15, 0.2) is 23.0 Å². The minimum Gasteiger partial charge on any atom is -0.399 e. The number of nitrogens with zero attached hydrogens (tertiary/aromatic N) is 1. The second-order valence-electron chi connectivity index (χ2n) is 5.06. The lowest BCUT2D eigenvalue weighted by molar-refractivity contribution is 0.0486. The van der Waals surface area contributed by atoms with Gasteiger partial charge in [-0.3, -0.25) is 9.78 Å². The lowest BCUT2D eigenvalue weighted by Gasteiger charge is -2.31. The van der Waals surface area contributed by atoms with Crippen molar-refractivity contribution in [2.24, 2.45) is 5.92 Å². The van der Waals surface area contributed by atoms with Gasteiger partial charge in [-0.2, -0.15) is 0 Å². The molecule has 19 heavy (non-hydrogen) atoms. The summed E-state index contributed by atoms with van der Waals surface area (Å²) in [5.41, 5.74) is 6.61. The number of aromatic amines is 1. The van der Waals surface area contributed by atoms with Gasteiger partial charge in [0.15, 0.2) is 0 Å². The van der Waals surface area contributed by atoms with E-state index in [0.29, 0.717) is 35.0 Å². The molecule has 1 aliphatic rings. The largest absolute Gasteiger partial charge is 0.399 e. The highest BCUT2D eigenvalue weighted by Crippen LogP contribution is 2.26. The molecule has 0 saturated heterocycles. The summed E-state index contributed by atoms with van der Waals surface area (Å²) < 4.78 is 0. The van der Waals surface area contributed by atoms with Crippen LogP contribution in [-0.2, 0) is 0 Å². The van der Waals surface area contributed by atoms with Crippen LogP contribution in [0.25, 0.3) is 10.9 Å². The molecule has 0 unspecified atom stereocenters. The van der Waals surface area contributed by atoms with Gasteiger partial charge in [-0.15, -0.1) is 0 Å². The maximum atomic E-state index is 11.9. The summed E-state index contributed by atoms with van der Waals surface area (Å²) in [6, 6.07) is 5.08. The predicted molar refractivity (Wildman–Crippen MR) is 74.0 cm³/mol. The van der Waals surface area contributed by atoms with E-state index in [4.69, 9.17) is 5.73 Å². The molecule has 6 heteroatoms. The molecule has 1 aliphatic carbocycles. The summed E-state index contributed by atoms with van der Waals surface area (Å²) in [5, 5.41) is 12.8. The molecule has 0 radical (unpaired) electrons. The monoisotopic (exact) mass is 260 g/mol. The second kappa shape index (κ2) is 4.55. The zero-order valence-electron chi connectivity index (χ0n) is 10.4. The number of aliphatic hydroxyl groups is 1. The normalized spacial score (nSPS) is 22.2. The first-order valence-corrected chi connectivity index (χ1v) is 6.33. The SMILES string of the molecule is Nc1ccc2nc(NCC3CC(O)C3)[nH]c(=O)c2c1. The molecule has 0 spiro atoms. The Bertz CT molecular complexity index is 661. The Kier molecular flexibility index (Phi) is 2.87. The summed E-state index contributed by atoms with van der Waals surface area (Å²) in [6.45, 7) is 0.709. The van der Waals surface area contributed by atoms with Crippen LogP contribution in [0.3, 0.4) is 0 Å². The van der Waals surface area contributed by atoms with Crippen LogP contribution >= 0.6 is 0 Å². The number of rotatable bonds is 3. The van der Waals surface area contributed by atoms with E-state index in [-0.39, 0.29) is 11.7 Å². The van der Waals surface area contributed by atoms with Crippen molar-refractivity contribution in [2.45, 2.75) is 18.9 Å². The van der Waals surface area contributed by atoms with Crippen molar-refractivity contribution in [1.82, 2.24) is 9.97 Å². The van der Waals surface area contributed by atoms with E-state index >= 15 is 0 Å². The zero-order valence-corrected chi connectivity index (χ0v) is 10.4. The number of nitrogen functional groups attached to an aromatic ring is 1. The minimum absolute atomic E-state index is 0.168. The third-order valence-corrected chi connectivity index (χ3v) is 3.50. The molecular formula is C13H16N4O2. The summed E-state index contributed by atoms with van der Waals surface area (Å²) in [4.78, 5) is 18.9. The lowest BCUT2D eigenvalue weighted by atomic mass is 9.82. The Morgan fingerprint density at radius 2 is 2.26 bits per heavy atom. The standard InChI is InChI=1S/C13H16N4O2/c14-8-1-2-11-10(5-8)12(19)17-13(16-11)15-6-7-3-9(18)4-7/h1-2,5,7,9,18H,3-4,6,14H2,(H2,15,16,17,19). The molecule has 2 aromatic rings. The van der Waals surface area contributed by atoms with Crippen molar-refractivity contribution in [3.63, 3.8) is 0 Å². The van der Waals surface area contributed by atoms with Gasteiger partial charge in [0.2, 0.25) is 5.95 Å². The fourth-order valence-electron chi connectivity index (χ4n) is 2.35. The number of nitrogens with one attached hydrogen (secondary N) is 2. The van der Waals surface area contributed by atoms with Crippen molar-refractivity contribution >= 4 is 22.5 Å². The number of aliphatic hydroxyl groups excluding tert-OH is 1. The average molecular weight is 260 g/mol. The molecule has 0 amide bonds. The Morgan fingerprint density at radius 3 is 3.00 bits per heavy atom. The van der Waals surface area contributed by atoms with E-state index in [1.807, 2.05) is 0 Å². The summed E-state index contributed by atoms with van der Waals surface area (Å²) >= 11 is 0. The Morgan fingerprint density at radius 1 is 1.47 bits per heavy atom. The minimum atomic E-state index is -0.201. The molecule has 1 heterocycles. The molecule has 1 aromatic carbocycles. The molecule has 1 saturated carbocycles. The van der Waals surface area contributed by atoms with Gasteiger partial charge in [0.05, 0.1) is 17.0 Å². The third kappa shape index (κ3) is 2.39. The van der Waals surface area contributed by atoms with E-state index in [9.17, 15) is 9.90 Å². The van der Waals surface area contributed by atoms with Gasteiger partial charge in [0.25, 0.3) is 5.56 Å². The van der Waals surface area contributed by atoms with Gasteiger partial charge in [-0.1, -0.05) is 0 Å². The van der Waals surface area contributed by atoms with E-state index < -0.39 is 0 Å². The first-order valence-electron chi connectivity index (χ1n) is 6.33. The Balaban J connectivity index is 1.81. The van der Waals surface area contributed by atoms with E-state index in [1.165, 1.54) is 0 Å². The summed E-state index contributed by atoms with van der Waals surface area (Å²) in [5.74, 6) is 0.908. The maximum Gasteiger partial charge on any atom is 0.260 e. The number of H-pyrrole nitrogens is 1. The van der Waals surface area contributed by atoms with Crippen molar-refractivity contribution in [3.05, 3.63) is 28.6 Å². The predicted octanol–water partition coefficient (Wildman–Crippen LogP) is 0.688. The van der Waals surface area contributed by atoms with Crippen LogP contribution in [0.2, 0.25) is 0 Å². The smallest absolute Gasteiger partial charge is 0.260 e. The number of hydrogen-bond donors (Lipinski definition) is 4. The van der Waals surface area contributed by atoms with Crippen LogP contribution in [0.4, 0.5) is 11.6 Å². The van der Waals surface area contributed by atoms with Gasteiger partial charge in [0.1, 0.15) is 0 Å². The van der Waals surface area contributed by atoms with Crippen LogP contribution in [0, 0.1) is 5.92 Å². The Hall–Kier alpha value is -2.08. The highest BCUT2D eigenvalue weighted by Gasteiger charge is 2.26. The van der Waals surface area contributed by atoms with Crippen LogP contribution in [0.1, 0.15) is 12.8 Å². The molecule has 0 atom stereocenters. The van der Waals surface area contributed by atoms with Crippen molar-refractivity contribution in [3.8, 4) is 0 Å². The van der Waals surface area contributed by atoms with Gasteiger partial charge < -0.3 is 16.2 Å². The molecule has 3 rings (SSSR count). The molecule has 5 N–H and O–H groups in total.